The van der Waals surface area contributed by atoms with Crippen LogP contribution in [0.3, 0.4) is 0 Å². The lowest BCUT2D eigenvalue weighted by molar-refractivity contribution is 0.0914. The molecule has 132 valence electrons. The van der Waals surface area contributed by atoms with Gasteiger partial charge in [0, 0.05) is 31.9 Å². The Bertz CT molecular complexity index is 540. The average Bonchev–Trinajstić information content (AvgIpc) is 2.67. The monoisotopic (exact) mass is 332 g/mol. The molecule has 0 spiro atoms. The van der Waals surface area contributed by atoms with Crippen LogP contribution in [0.5, 0.6) is 0 Å². The molecular weight excluding hydrogens is 304 g/mol. The molecule has 2 fully saturated rings. The van der Waals surface area contributed by atoms with Gasteiger partial charge in [-0.1, -0.05) is 19.3 Å². The predicted molar refractivity (Wildman–Crippen MR) is 94.2 cm³/mol. The molecule has 1 aromatic heterocycles. The van der Waals surface area contributed by atoms with Crippen LogP contribution in [-0.4, -0.2) is 49.8 Å². The van der Waals surface area contributed by atoms with Crippen molar-refractivity contribution < 1.29 is 9.53 Å². The summed E-state index contributed by atoms with van der Waals surface area (Å²) in [4.78, 5) is 19.4. The molecule has 1 unspecified atom stereocenters. The number of aromatic nitrogens is 1. The fraction of sp³-hybridized carbons (Fsp3) is 0.667. The second-order valence-corrected chi connectivity index (χ2v) is 6.69. The Morgan fingerprint density at radius 1 is 1.33 bits per heavy atom. The van der Waals surface area contributed by atoms with Crippen LogP contribution in [0.1, 0.15) is 42.5 Å². The van der Waals surface area contributed by atoms with Crippen molar-refractivity contribution in [2.45, 2.75) is 38.1 Å². The van der Waals surface area contributed by atoms with E-state index in [0.29, 0.717) is 31.2 Å². The van der Waals surface area contributed by atoms with Crippen molar-refractivity contribution in [1.29, 1.82) is 0 Å². The van der Waals surface area contributed by atoms with Gasteiger partial charge in [0.2, 0.25) is 0 Å². The molecule has 24 heavy (non-hydrogen) atoms. The minimum atomic E-state index is -0.0642. The third-order valence-electron chi connectivity index (χ3n) is 5.13. The maximum absolute atomic E-state index is 12.9. The Hall–Kier alpha value is -1.66. The Kier molecular flexibility index (Phi) is 6.04. The second-order valence-electron chi connectivity index (χ2n) is 6.69. The minimum absolute atomic E-state index is 0.0514. The molecule has 3 rings (SSSR count). The minimum Gasteiger partial charge on any atom is -0.378 e. The maximum atomic E-state index is 12.9. The van der Waals surface area contributed by atoms with E-state index < -0.39 is 0 Å². The van der Waals surface area contributed by atoms with Crippen LogP contribution in [0.15, 0.2) is 18.3 Å². The molecule has 0 bridgehead atoms. The summed E-state index contributed by atoms with van der Waals surface area (Å²) in [6.45, 7) is 3.36. The van der Waals surface area contributed by atoms with Gasteiger partial charge < -0.3 is 20.7 Å². The number of nitrogens with zero attached hydrogens (tertiary/aromatic N) is 2. The van der Waals surface area contributed by atoms with Gasteiger partial charge >= 0.3 is 0 Å². The molecule has 6 nitrogen and oxygen atoms in total. The maximum Gasteiger partial charge on any atom is 0.255 e. The number of hydrogen-bond donors (Lipinski definition) is 2. The molecular formula is C18H28N4O2. The predicted octanol–water partition coefficient (Wildman–Crippen LogP) is 1.56. The Morgan fingerprint density at radius 2 is 2.08 bits per heavy atom. The molecule has 2 heterocycles. The molecule has 3 N–H and O–H groups in total. The molecule has 1 aliphatic carbocycles. The summed E-state index contributed by atoms with van der Waals surface area (Å²) < 4.78 is 5.40. The molecule has 1 aromatic rings. The van der Waals surface area contributed by atoms with Gasteiger partial charge in [-0.25, -0.2) is 4.98 Å². The van der Waals surface area contributed by atoms with Gasteiger partial charge in [0.15, 0.2) is 0 Å². The van der Waals surface area contributed by atoms with Crippen LogP contribution < -0.4 is 16.0 Å². The van der Waals surface area contributed by atoms with E-state index in [0.717, 1.165) is 31.7 Å². The van der Waals surface area contributed by atoms with E-state index in [1.54, 1.807) is 6.20 Å². The van der Waals surface area contributed by atoms with E-state index in [4.69, 9.17) is 10.5 Å². The van der Waals surface area contributed by atoms with Gasteiger partial charge in [-0.15, -0.1) is 0 Å². The molecule has 1 saturated carbocycles. The number of carbonyl (C=O) groups excluding carboxylic acids is 1. The van der Waals surface area contributed by atoms with Crippen molar-refractivity contribution in [1.82, 2.24) is 10.3 Å². The van der Waals surface area contributed by atoms with Crippen molar-refractivity contribution in [3.05, 3.63) is 23.9 Å². The number of anilines is 1. The zero-order chi connectivity index (χ0) is 16.8. The summed E-state index contributed by atoms with van der Waals surface area (Å²) in [7, 11) is 0. The molecule has 0 radical (unpaired) electrons. The first-order chi connectivity index (χ1) is 11.8. The number of amides is 1. The first-order valence-corrected chi connectivity index (χ1v) is 9.08. The molecule has 1 atom stereocenters. The van der Waals surface area contributed by atoms with E-state index in [-0.39, 0.29) is 11.9 Å². The molecule has 6 heteroatoms. The third-order valence-corrected chi connectivity index (χ3v) is 5.13. The zero-order valence-electron chi connectivity index (χ0n) is 14.2. The average molecular weight is 332 g/mol. The van der Waals surface area contributed by atoms with Crippen molar-refractivity contribution in [2.24, 2.45) is 11.7 Å². The number of carbonyl (C=O) groups is 1. The summed E-state index contributed by atoms with van der Waals surface area (Å²) in [6, 6.07) is 3.72. The summed E-state index contributed by atoms with van der Waals surface area (Å²) in [5.74, 6) is 1.18. The SMILES string of the molecule is NCC(NC(=O)c1cccnc1N1CCOCC1)C1CCCCC1. The van der Waals surface area contributed by atoms with E-state index >= 15 is 0 Å². The number of rotatable bonds is 5. The standard InChI is InChI=1S/C18H28N4O2/c19-13-16(14-5-2-1-3-6-14)21-18(23)15-7-4-8-20-17(15)22-9-11-24-12-10-22/h4,7-8,14,16H,1-3,5-6,9-13,19H2,(H,21,23). The summed E-state index contributed by atoms with van der Waals surface area (Å²) >= 11 is 0. The topological polar surface area (TPSA) is 80.5 Å². The van der Waals surface area contributed by atoms with Crippen LogP contribution in [0.4, 0.5) is 5.82 Å². The number of ether oxygens (including phenoxy) is 1. The summed E-state index contributed by atoms with van der Waals surface area (Å²) in [5, 5.41) is 3.17. The number of nitrogens with one attached hydrogen (secondary N) is 1. The van der Waals surface area contributed by atoms with Crippen molar-refractivity contribution >= 4 is 11.7 Å². The van der Waals surface area contributed by atoms with E-state index in [9.17, 15) is 4.79 Å². The smallest absolute Gasteiger partial charge is 0.255 e. The molecule has 0 aromatic carbocycles. The Balaban J connectivity index is 1.71. The fourth-order valence-electron chi connectivity index (χ4n) is 3.75. The van der Waals surface area contributed by atoms with Gasteiger partial charge in [0.25, 0.3) is 5.91 Å². The highest BCUT2D eigenvalue weighted by Crippen LogP contribution is 2.27. The third kappa shape index (κ3) is 4.05. The summed E-state index contributed by atoms with van der Waals surface area (Å²) in [6.07, 6.45) is 7.83. The number of pyridine rings is 1. The van der Waals surface area contributed by atoms with Crippen LogP contribution in [0.25, 0.3) is 0 Å². The summed E-state index contributed by atoms with van der Waals surface area (Å²) in [5.41, 5.74) is 6.59. The molecule has 1 aliphatic heterocycles. The number of morpholine rings is 1. The second kappa shape index (κ2) is 8.44. The highest BCUT2D eigenvalue weighted by atomic mass is 16.5. The Morgan fingerprint density at radius 3 is 2.79 bits per heavy atom. The Labute approximate surface area is 143 Å². The zero-order valence-corrected chi connectivity index (χ0v) is 14.2. The quantitative estimate of drug-likeness (QED) is 0.855. The lowest BCUT2D eigenvalue weighted by Gasteiger charge is -2.31. The van der Waals surface area contributed by atoms with Crippen LogP contribution in [-0.2, 0) is 4.74 Å². The van der Waals surface area contributed by atoms with E-state index in [2.05, 4.69) is 15.2 Å². The van der Waals surface area contributed by atoms with Crippen molar-refractivity contribution in [2.75, 3.05) is 37.7 Å². The van der Waals surface area contributed by atoms with E-state index in [1.807, 2.05) is 12.1 Å². The van der Waals surface area contributed by atoms with Gasteiger partial charge in [0.1, 0.15) is 5.82 Å². The molecule has 2 aliphatic rings. The normalized spacial score (nSPS) is 20.6. The van der Waals surface area contributed by atoms with Crippen molar-refractivity contribution in [3.63, 3.8) is 0 Å². The van der Waals surface area contributed by atoms with Crippen LogP contribution >= 0.6 is 0 Å². The lowest BCUT2D eigenvalue weighted by atomic mass is 9.84. The van der Waals surface area contributed by atoms with Gasteiger partial charge in [0.05, 0.1) is 18.8 Å². The van der Waals surface area contributed by atoms with Crippen molar-refractivity contribution in [3.8, 4) is 0 Å². The highest BCUT2D eigenvalue weighted by molar-refractivity contribution is 5.99. The largest absolute Gasteiger partial charge is 0.378 e. The van der Waals surface area contributed by atoms with Gasteiger partial charge in [-0.3, -0.25) is 4.79 Å². The van der Waals surface area contributed by atoms with Gasteiger partial charge in [-0.05, 0) is 30.9 Å². The van der Waals surface area contributed by atoms with Gasteiger partial charge in [-0.2, -0.15) is 0 Å². The van der Waals surface area contributed by atoms with E-state index in [1.165, 1.54) is 19.3 Å². The van der Waals surface area contributed by atoms with Crippen LogP contribution in [0.2, 0.25) is 0 Å². The molecule has 1 saturated heterocycles. The molecule has 1 amide bonds. The first kappa shape index (κ1) is 17.2. The first-order valence-electron chi connectivity index (χ1n) is 9.08. The number of hydrogen-bond acceptors (Lipinski definition) is 5. The van der Waals surface area contributed by atoms with Crippen LogP contribution in [0, 0.1) is 5.92 Å². The number of nitrogens with two attached hydrogens (primary N) is 1. The lowest BCUT2D eigenvalue weighted by Crippen LogP contribution is -2.46. The highest BCUT2D eigenvalue weighted by Gasteiger charge is 2.26. The fourth-order valence-corrected chi connectivity index (χ4v) is 3.75.